The first-order chi connectivity index (χ1) is 15.8. The highest BCUT2D eigenvalue weighted by Gasteiger charge is 2.14. The van der Waals surface area contributed by atoms with Crippen molar-refractivity contribution in [2.75, 3.05) is 0 Å². The Morgan fingerprint density at radius 2 is 1.59 bits per heavy atom. The molecular weight excluding hydrogens is 390 g/mol. The summed E-state index contributed by atoms with van der Waals surface area (Å²) in [7, 11) is 0. The highest BCUT2D eigenvalue weighted by atomic mass is 15.0. The topological polar surface area (TPSA) is 22.8 Å². The van der Waals surface area contributed by atoms with Gasteiger partial charge in [0.2, 0.25) is 0 Å². The lowest BCUT2D eigenvalue weighted by Crippen LogP contribution is -1.96. The monoisotopic (exact) mass is 413 g/mol. The number of fused-ring (bicyclic) bond motifs is 4. The number of nitrogens with zero attached hydrogens (tertiary/aromatic N) is 3. The molecule has 0 aliphatic carbocycles. The van der Waals surface area contributed by atoms with Gasteiger partial charge in [-0.15, -0.1) is 6.58 Å². The first-order valence-corrected chi connectivity index (χ1v) is 11.0. The highest BCUT2D eigenvalue weighted by molar-refractivity contribution is 6.13. The molecule has 0 aliphatic rings. The van der Waals surface area contributed by atoms with Crippen molar-refractivity contribution in [3.8, 4) is 11.4 Å². The second-order valence-corrected chi connectivity index (χ2v) is 8.18. The smallest absolute Gasteiger partial charge is 0.0641 e. The van der Waals surface area contributed by atoms with Gasteiger partial charge in [-0.1, -0.05) is 42.5 Å². The fourth-order valence-corrected chi connectivity index (χ4v) is 4.69. The van der Waals surface area contributed by atoms with Crippen LogP contribution in [0.25, 0.3) is 44.1 Å². The van der Waals surface area contributed by atoms with Crippen molar-refractivity contribution in [3.63, 3.8) is 0 Å². The van der Waals surface area contributed by atoms with Crippen LogP contribution in [0.5, 0.6) is 0 Å². The molecule has 0 fully saturated rings. The molecule has 0 spiro atoms. The Kier molecular flexibility index (Phi) is 4.39. The van der Waals surface area contributed by atoms with E-state index < -0.39 is 0 Å². The number of aryl methyl sites for hydroxylation is 1. The summed E-state index contributed by atoms with van der Waals surface area (Å²) in [5.41, 5.74) is 7.13. The zero-order valence-electron chi connectivity index (χ0n) is 17.8. The predicted molar refractivity (Wildman–Crippen MR) is 134 cm³/mol. The third kappa shape index (κ3) is 2.94. The number of aromatic nitrogens is 3. The zero-order valence-corrected chi connectivity index (χ0v) is 17.8. The summed E-state index contributed by atoms with van der Waals surface area (Å²) in [6, 6.07) is 28.3. The van der Waals surface area contributed by atoms with Crippen LogP contribution >= 0.6 is 0 Å². The Labute approximate surface area is 186 Å². The minimum atomic E-state index is 0.956. The van der Waals surface area contributed by atoms with Crippen LogP contribution in [0.2, 0.25) is 0 Å². The number of pyridine rings is 1. The largest absolute Gasteiger partial charge is 0.315 e. The third-order valence-electron chi connectivity index (χ3n) is 6.19. The molecule has 6 rings (SSSR count). The van der Waals surface area contributed by atoms with Crippen molar-refractivity contribution in [1.29, 1.82) is 0 Å². The van der Waals surface area contributed by atoms with E-state index in [9.17, 15) is 0 Å². The molecule has 0 radical (unpaired) electrons. The van der Waals surface area contributed by atoms with Gasteiger partial charge in [0.25, 0.3) is 0 Å². The van der Waals surface area contributed by atoms with Crippen molar-refractivity contribution < 1.29 is 0 Å². The van der Waals surface area contributed by atoms with Crippen molar-refractivity contribution >= 4 is 32.7 Å². The molecule has 0 aliphatic heterocycles. The average Bonchev–Trinajstić information content (AvgIpc) is 3.40. The number of hydrogen-bond donors (Lipinski definition) is 0. The fraction of sp³-hybridized carbons (Fsp3) is 0.0690. The maximum atomic E-state index is 4.50. The van der Waals surface area contributed by atoms with Crippen LogP contribution in [-0.2, 0) is 6.42 Å². The summed E-state index contributed by atoms with van der Waals surface area (Å²) < 4.78 is 4.60. The standard InChI is InChI=1S/C29H23N3/c1-2-3-9-21-16-24(20-30-19-21)31-15-14-22-17-29-26(18-28(22)31)25-12-7-8-13-27(25)32(29)23-10-5-4-6-11-23/h2,4-8,10-20H,1,3,9H2. The SMILES string of the molecule is C=CCCc1cncc(-n2ccc3cc4c(cc32)c2ccccc2n4-c2ccccc2)c1. The minimum Gasteiger partial charge on any atom is -0.315 e. The summed E-state index contributed by atoms with van der Waals surface area (Å²) in [6.45, 7) is 3.84. The molecule has 3 heteroatoms. The van der Waals surface area contributed by atoms with Crippen molar-refractivity contribution in [1.82, 2.24) is 14.1 Å². The normalized spacial score (nSPS) is 11.5. The molecule has 0 atom stereocenters. The van der Waals surface area contributed by atoms with E-state index in [2.05, 4.69) is 106 Å². The van der Waals surface area contributed by atoms with Gasteiger partial charge in [-0.05, 0) is 60.9 Å². The van der Waals surface area contributed by atoms with Crippen molar-refractivity contribution in [2.24, 2.45) is 0 Å². The molecular formula is C29H23N3. The fourth-order valence-electron chi connectivity index (χ4n) is 4.69. The second kappa shape index (κ2) is 7.54. The molecule has 3 heterocycles. The van der Waals surface area contributed by atoms with Gasteiger partial charge in [0.05, 0.1) is 28.4 Å². The number of hydrogen-bond acceptors (Lipinski definition) is 1. The summed E-state index contributed by atoms with van der Waals surface area (Å²) in [5, 5.41) is 3.74. The van der Waals surface area contributed by atoms with Crippen LogP contribution in [0, 0.1) is 0 Å². The maximum absolute atomic E-state index is 4.50. The minimum absolute atomic E-state index is 0.956. The van der Waals surface area contributed by atoms with E-state index in [1.165, 1.54) is 44.0 Å². The molecule has 0 bridgehead atoms. The molecule has 32 heavy (non-hydrogen) atoms. The Morgan fingerprint density at radius 1 is 0.750 bits per heavy atom. The van der Waals surface area contributed by atoms with E-state index in [1.807, 2.05) is 18.5 Å². The van der Waals surface area contributed by atoms with Crippen molar-refractivity contribution in [3.05, 3.63) is 116 Å². The number of benzene rings is 3. The molecule has 6 aromatic rings. The molecule has 3 aromatic carbocycles. The van der Waals surface area contributed by atoms with Gasteiger partial charge in [-0.2, -0.15) is 0 Å². The number of allylic oxidation sites excluding steroid dienone is 1. The lowest BCUT2D eigenvalue weighted by Gasteiger charge is -2.09. The molecule has 0 saturated carbocycles. The first kappa shape index (κ1) is 18.6. The van der Waals surface area contributed by atoms with E-state index in [4.69, 9.17) is 0 Å². The molecule has 0 amide bonds. The first-order valence-electron chi connectivity index (χ1n) is 11.0. The maximum Gasteiger partial charge on any atom is 0.0641 e. The van der Waals surface area contributed by atoms with Gasteiger partial charge in [-0.25, -0.2) is 0 Å². The average molecular weight is 414 g/mol. The zero-order chi connectivity index (χ0) is 21.5. The summed E-state index contributed by atoms with van der Waals surface area (Å²) in [6.07, 6.45) is 9.90. The predicted octanol–water partition coefficient (Wildman–Crippen LogP) is 7.24. The Hall–Kier alpha value is -4.11. The van der Waals surface area contributed by atoms with E-state index in [1.54, 1.807) is 0 Å². The Bertz CT molecular complexity index is 1590. The molecule has 0 N–H and O–H groups in total. The lowest BCUT2D eigenvalue weighted by molar-refractivity contribution is 0.976. The van der Waals surface area contributed by atoms with Gasteiger partial charge < -0.3 is 9.13 Å². The van der Waals surface area contributed by atoms with Crippen LogP contribution in [0.4, 0.5) is 0 Å². The van der Waals surface area contributed by atoms with E-state index in [0.717, 1.165) is 18.5 Å². The van der Waals surface area contributed by atoms with Crippen LogP contribution in [0.1, 0.15) is 12.0 Å². The quantitative estimate of drug-likeness (QED) is 0.273. The summed E-state index contributed by atoms with van der Waals surface area (Å²) in [4.78, 5) is 4.50. The Balaban J connectivity index is 1.60. The summed E-state index contributed by atoms with van der Waals surface area (Å²) in [5.74, 6) is 0. The van der Waals surface area contributed by atoms with Crippen LogP contribution in [0.3, 0.4) is 0 Å². The van der Waals surface area contributed by atoms with E-state index in [-0.39, 0.29) is 0 Å². The number of rotatable bonds is 5. The number of para-hydroxylation sites is 2. The molecule has 3 aromatic heterocycles. The van der Waals surface area contributed by atoms with Gasteiger partial charge in [-0.3, -0.25) is 4.98 Å². The van der Waals surface area contributed by atoms with E-state index in [0.29, 0.717) is 0 Å². The van der Waals surface area contributed by atoms with Gasteiger partial charge in [0, 0.05) is 34.2 Å². The van der Waals surface area contributed by atoms with E-state index >= 15 is 0 Å². The molecule has 0 unspecified atom stereocenters. The van der Waals surface area contributed by atoms with Crippen LogP contribution < -0.4 is 0 Å². The van der Waals surface area contributed by atoms with Crippen LogP contribution in [0.15, 0.2) is 110 Å². The Morgan fingerprint density at radius 3 is 2.47 bits per heavy atom. The summed E-state index contributed by atoms with van der Waals surface area (Å²) >= 11 is 0. The van der Waals surface area contributed by atoms with Gasteiger partial charge in [0.15, 0.2) is 0 Å². The highest BCUT2D eigenvalue weighted by Crippen LogP contribution is 2.35. The second-order valence-electron chi connectivity index (χ2n) is 8.18. The van der Waals surface area contributed by atoms with Gasteiger partial charge >= 0.3 is 0 Å². The van der Waals surface area contributed by atoms with Gasteiger partial charge in [0.1, 0.15) is 0 Å². The molecule has 154 valence electrons. The molecule has 0 saturated heterocycles. The third-order valence-corrected chi connectivity index (χ3v) is 6.19. The van der Waals surface area contributed by atoms with Crippen LogP contribution in [-0.4, -0.2) is 14.1 Å². The van der Waals surface area contributed by atoms with Crippen molar-refractivity contribution in [2.45, 2.75) is 12.8 Å². The lowest BCUT2D eigenvalue weighted by atomic mass is 10.1. The molecule has 3 nitrogen and oxygen atoms in total.